The number of aromatic nitrogens is 1. The number of carboxylic acids is 1. The number of likely N-dealkylation sites (N-methyl/N-ethyl adjacent to an activating group) is 1. The van der Waals surface area contributed by atoms with E-state index < -0.39 is 81.9 Å². The van der Waals surface area contributed by atoms with Gasteiger partial charge in [-0.3, -0.25) is 14.4 Å². The molecule has 50 heavy (non-hydrogen) atoms. The fraction of sp³-hybridized carbons (Fsp3) is 0.472. The first-order valence-corrected chi connectivity index (χ1v) is 15.9. The monoisotopic (exact) mass is 713 g/mol. The lowest BCUT2D eigenvalue weighted by atomic mass is 9.88. The van der Waals surface area contributed by atoms with Gasteiger partial charge in [0.15, 0.2) is 0 Å². The molecule has 0 fully saturated rings. The molecule has 0 aliphatic rings. The van der Waals surface area contributed by atoms with E-state index in [0.29, 0.717) is 36.7 Å². The lowest BCUT2D eigenvalue weighted by molar-refractivity contribution is -0.140. The summed E-state index contributed by atoms with van der Waals surface area (Å²) < 4.78 is 105. The van der Waals surface area contributed by atoms with E-state index in [2.05, 4.69) is 5.32 Å². The van der Waals surface area contributed by atoms with Gasteiger partial charge in [0, 0.05) is 42.4 Å². The summed E-state index contributed by atoms with van der Waals surface area (Å²) in [6.07, 6.45) is -5.55. The van der Waals surface area contributed by atoms with Crippen molar-refractivity contribution in [3.63, 3.8) is 0 Å². The van der Waals surface area contributed by atoms with Gasteiger partial charge >= 0.3 is 12.1 Å². The highest BCUT2D eigenvalue weighted by molar-refractivity contribution is 5.82. The van der Waals surface area contributed by atoms with Crippen molar-refractivity contribution in [1.29, 1.82) is 0 Å². The number of hydrogen-bond donors (Lipinski definition) is 2. The molecule has 3 aromatic rings. The lowest BCUT2D eigenvalue weighted by Crippen LogP contribution is -2.41. The number of rotatable bonds is 13. The number of amides is 1. The van der Waals surface area contributed by atoms with E-state index in [1.54, 1.807) is 51.9 Å². The van der Waals surface area contributed by atoms with Crippen molar-refractivity contribution in [2.45, 2.75) is 85.0 Å². The minimum atomic E-state index is -5.34. The maximum Gasteiger partial charge on any atom is 0.419 e. The van der Waals surface area contributed by atoms with Gasteiger partial charge in [-0.2, -0.15) is 13.2 Å². The second-order valence-corrected chi connectivity index (χ2v) is 13.5. The van der Waals surface area contributed by atoms with Crippen molar-refractivity contribution in [2.75, 3.05) is 20.6 Å². The molecular formula is C36H42F7N3O4. The van der Waals surface area contributed by atoms with Crippen LogP contribution in [0.25, 0.3) is 11.1 Å². The van der Waals surface area contributed by atoms with Crippen molar-refractivity contribution in [1.82, 2.24) is 14.8 Å². The summed E-state index contributed by atoms with van der Waals surface area (Å²) in [6, 6.07) is 0.509. The molecule has 0 radical (unpaired) electrons. The van der Waals surface area contributed by atoms with Crippen molar-refractivity contribution in [2.24, 2.45) is 5.92 Å². The van der Waals surface area contributed by atoms with E-state index in [-0.39, 0.29) is 29.9 Å². The average molecular weight is 714 g/mol. The van der Waals surface area contributed by atoms with E-state index >= 15 is 8.78 Å². The summed E-state index contributed by atoms with van der Waals surface area (Å²) in [5.74, 6) is -10.2. The summed E-state index contributed by atoms with van der Waals surface area (Å²) in [5, 5.41) is 11.9. The first-order valence-electron chi connectivity index (χ1n) is 15.9. The first-order chi connectivity index (χ1) is 22.9. The predicted octanol–water partition coefficient (Wildman–Crippen LogP) is 7.87. The van der Waals surface area contributed by atoms with Gasteiger partial charge in [0.05, 0.1) is 18.0 Å². The molecular weight excluding hydrogens is 671 g/mol. The van der Waals surface area contributed by atoms with Gasteiger partial charge in [-0.25, -0.2) is 17.6 Å². The van der Waals surface area contributed by atoms with Crippen LogP contribution in [0.5, 0.6) is 0 Å². The van der Waals surface area contributed by atoms with Crippen LogP contribution >= 0.6 is 0 Å². The number of aliphatic carboxylic acids is 1. The molecule has 0 saturated carbocycles. The molecule has 1 aromatic heterocycles. The standard InChI is InChI=1S/C36H42F7N3O4/c1-18(2)11-27(46-17-22(9-10-45(7)8)24(15-28(46)47)35(6,39)40)34(50)44-26(16-29(48)49)31-32(37)23(14-25(33(31)38)36(41,42)43)30-20(4)12-19(3)13-21(30)5/h12-15,17-18,26-27H,9-11,16H2,1-8H3,(H,44,50)(H,48,49)/t26-,27-/m0/s1. The summed E-state index contributed by atoms with van der Waals surface area (Å²) in [7, 11) is 3.41. The first kappa shape index (κ1) is 40.2. The van der Waals surface area contributed by atoms with Crippen LogP contribution in [0, 0.1) is 38.3 Å². The van der Waals surface area contributed by atoms with E-state index in [9.17, 15) is 41.4 Å². The van der Waals surface area contributed by atoms with Crippen LogP contribution in [0.4, 0.5) is 30.7 Å². The van der Waals surface area contributed by atoms with Crippen molar-refractivity contribution in [3.05, 3.63) is 91.4 Å². The minimum absolute atomic E-state index is 0.0301. The van der Waals surface area contributed by atoms with Crippen LogP contribution in [0.15, 0.2) is 35.3 Å². The maximum atomic E-state index is 16.5. The van der Waals surface area contributed by atoms with Crippen molar-refractivity contribution in [3.8, 4) is 11.1 Å². The highest BCUT2D eigenvalue weighted by atomic mass is 19.4. The van der Waals surface area contributed by atoms with Crippen LogP contribution < -0.4 is 10.9 Å². The Morgan fingerprint density at radius 1 is 0.940 bits per heavy atom. The molecule has 274 valence electrons. The SMILES string of the molecule is Cc1cc(C)c(-c2cc(C(F)(F)F)c(F)c([C@H](CC(=O)O)NC(=O)[C@H](CC(C)C)n3cc(CCN(C)C)c(C(C)(F)F)cc3=O)c2F)c(C)c1. The number of nitrogens with zero attached hydrogens (tertiary/aromatic N) is 2. The van der Waals surface area contributed by atoms with Crippen LogP contribution in [0.3, 0.4) is 0 Å². The predicted molar refractivity (Wildman–Crippen MR) is 175 cm³/mol. The Morgan fingerprint density at radius 3 is 2.00 bits per heavy atom. The molecule has 0 spiro atoms. The summed E-state index contributed by atoms with van der Waals surface area (Å²) in [6.45, 7) is 9.04. The van der Waals surface area contributed by atoms with E-state index in [0.717, 1.165) is 16.3 Å². The molecule has 1 heterocycles. The lowest BCUT2D eigenvalue weighted by Gasteiger charge is -2.28. The molecule has 7 nitrogen and oxygen atoms in total. The highest BCUT2D eigenvalue weighted by Crippen LogP contribution is 2.42. The largest absolute Gasteiger partial charge is 0.481 e. The fourth-order valence-electron chi connectivity index (χ4n) is 6.21. The van der Waals surface area contributed by atoms with Gasteiger partial charge < -0.3 is 19.9 Å². The number of benzene rings is 2. The molecule has 1 amide bonds. The van der Waals surface area contributed by atoms with E-state index in [4.69, 9.17) is 0 Å². The number of carbonyl (C=O) groups excluding carboxylic acids is 1. The number of carbonyl (C=O) groups is 2. The smallest absolute Gasteiger partial charge is 0.419 e. The Morgan fingerprint density at radius 2 is 1.52 bits per heavy atom. The second-order valence-electron chi connectivity index (χ2n) is 13.5. The van der Waals surface area contributed by atoms with E-state index in [1.807, 2.05) is 0 Å². The molecule has 3 rings (SSSR count). The summed E-state index contributed by atoms with van der Waals surface area (Å²) in [4.78, 5) is 41.0. The highest BCUT2D eigenvalue weighted by Gasteiger charge is 2.40. The van der Waals surface area contributed by atoms with Gasteiger partial charge in [-0.1, -0.05) is 31.5 Å². The Bertz CT molecular complexity index is 1790. The number of aryl methyl sites for hydroxylation is 3. The van der Waals surface area contributed by atoms with Crippen LogP contribution in [-0.2, 0) is 28.1 Å². The Labute approximate surface area is 286 Å². The Balaban J connectivity index is 2.29. The number of alkyl halides is 5. The van der Waals surface area contributed by atoms with Crippen molar-refractivity contribution < 1.29 is 45.4 Å². The number of hydrogen-bond acceptors (Lipinski definition) is 4. The third-order valence-corrected chi connectivity index (χ3v) is 8.33. The molecule has 0 unspecified atom stereocenters. The molecule has 2 atom stereocenters. The molecule has 0 aliphatic carbocycles. The quantitative estimate of drug-likeness (QED) is 0.176. The second kappa shape index (κ2) is 15.4. The number of carboxylic acid groups (broad SMARTS) is 1. The van der Waals surface area contributed by atoms with Gasteiger partial charge in [0.1, 0.15) is 17.7 Å². The third-order valence-electron chi connectivity index (χ3n) is 8.33. The summed E-state index contributed by atoms with van der Waals surface area (Å²) in [5.41, 5.74) is -3.87. The van der Waals surface area contributed by atoms with Crippen LogP contribution in [0.1, 0.15) is 84.6 Å². The van der Waals surface area contributed by atoms with Crippen LogP contribution in [-0.4, -0.2) is 47.1 Å². The van der Waals surface area contributed by atoms with Gasteiger partial charge in [-0.15, -0.1) is 0 Å². The zero-order chi connectivity index (χ0) is 38.0. The zero-order valence-corrected chi connectivity index (χ0v) is 29.2. The van der Waals surface area contributed by atoms with Crippen LogP contribution in [0.2, 0.25) is 0 Å². The molecule has 2 N–H and O–H groups in total. The molecule has 14 heteroatoms. The van der Waals surface area contributed by atoms with Gasteiger partial charge in [0.2, 0.25) is 5.91 Å². The fourth-order valence-corrected chi connectivity index (χ4v) is 6.21. The zero-order valence-electron chi connectivity index (χ0n) is 29.2. The normalized spacial score (nSPS) is 13.5. The Kier molecular flexibility index (Phi) is 12.4. The number of halogens is 7. The number of pyridine rings is 1. The molecule has 0 bridgehead atoms. The van der Waals surface area contributed by atoms with Crippen molar-refractivity contribution >= 4 is 11.9 Å². The maximum absolute atomic E-state index is 16.5. The number of nitrogens with one attached hydrogen (secondary N) is 1. The minimum Gasteiger partial charge on any atom is -0.481 e. The molecule has 0 aliphatic heterocycles. The average Bonchev–Trinajstić information content (AvgIpc) is 2.94. The van der Waals surface area contributed by atoms with Gasteiger partial charge in [0.25, 0.3) is 11.5 Å². The van der Waals surface area contributed by atoms with E-state index in [1.165, 1.54) is 13.8 Å². The third kappa shape index (κ3) is 9.32. The molecule has 2 aromatic carbocycles. The molecule has 0 saturated heterocycles. The Hall–Kier alpha value is -4.20. The topological polar surface area (TPSA) is 91.6 Å². The van der Waals surface area contributed by atoms with Gasteiger partial charge in [-0.05, 0) is 81.9 Å². The summed E-state index contributed by atoms with van der Waals surface area (Å²) >= 11 is 0.